The van der Waals surface area contributed by atoms with Gasteiger partial charge in [-0.25, -0.2) is 10.4 Å². The number of carbonyl (C=O) groups is 1. The molecule has 2 aromatic heterocycles. The van der Waals surface area contributed by atoms with Crippen LogP contribution < -0.4 is 5.43 Å². The maximum Gasteiger partial charge on any atom is 0.260 e. The average Bonchev–Trinajstić information content (AvgIpc) is 3.15. The molecule has 0 radical (unpaired) electrons. The van der Waals surface area contributed by atoms with Gasteiger partial charge in [0.15, 0.2) is 0 Å². The SMILES string of the molecule is C/C(=N/NC(=O)Cn1cnc2ccccc21)c1ccco1. The maximum absolute atomic E-state index is 11.9. The molecule has 0 saturated heterocycles. The third-order valence-corrected chi connectivity index (χ3v) is 3.07. The number of benzene rings is 1. The van der Waals surface area contributed by atoms with E-state index in [1.54, 1.807) is 36.2 Å². The summed E-state index contributed by atoms with van der Waals surface area (Å²) in [5.74, 6) is 0.410. The minimum absolute atomic E-state index is 0.162. The van der Waals surface area contributed by atoms with Gasteiger partial charge in [0.25, 0.3) is 5.91 Å². The number of para-hydroxylation sites is 2. The summed E-state index contributed by atoms with van der Waals surface area (Å²) in [6, 6.07) is 11.2. The Morgan fingerprint density at radius 2 is 2.19 bits per heavy atom. The van der Waals surface area contributed by atoms with E-state index < -0.39 is 0 Å². The Morgan fingerprint density at radius 3 is 3.00 bits per heavy atom. The monoisotopic (exact) mass is 282 g/mol. The lowest BCUT2D eigenvalue weighted by atomic mass is 10.3. The Balaban J connectivity index is 1.68. The predicted octanol–water partition coefficient (Wildman–Crippen LogP) is 2.17. The second-order valence-corrected chi connectivity index (χ2v) is 4.57. The van der Waals surface area contributed by atoms with Crippen molar-refractivity contribution < 1.29 is 9.21 Å². The lowest BCUT2D eigenvalue weighted by molar-refractivity contribution is -0.121. The average molecular weight is 282 g/mol. The lowest BCUT2D eigenvalue weighted by Gasteiger charge is -2.03. The molecular formula is C15H14N4O2. The van der Waals surface area contributed by atoms with Crippen LogP contribution >= 0.6 is 0 Å². The molecule has 0 aliphatic heterocycles. The van der Waals surface area contributed by atoms with Crippen molar-refractivity contribution in [2.45, 2.75) is 13.5 Å². The third kappa shape index (κ3) is 2.84. The molecule has 3 rings (SSSR count). The number of nitrogens with one attached hydrogen (secondary N) is 1. The molecule has 0 fully saturated rings. The molecule has 6 heteroatoms. The molecule has 0 unspecified atom stereocenters. The molecule has 0 atom stereocenters. The van der Waals surface area contributed by atoms with Gasteiger partial charge in [-0.1, -0.05) is 12.1 Å². The largest absolute Gasteiger partial charge is 0.463 e. The smallest absolute Gasteiger partial charge is 0.260 e. The molecule has 0 saturated carbocycles. The quantitative estimate of drug-likeness (QED) is 0.589. The van der Waals surface area contributed by atoms with Gasteiger partial charge in [-0.2, -0.15) is 5.10 Å². The minimum Gasteiger partial charge on any atom is -0.463 e. The number of furan rings is 1. The van der Waals surface area contributed by atoms with E-state index in [1.807, 2.05) is 24.3 Å². The summed E-state index contributed by atoms with van der Waals surface area (Å²) in [7, 11) is 0. The molecule has 3 aromatic rings. The van der Waals surface area contributed by atoms with Gasteiger partial charge < -0.3 is 8.98 Å². The molecule has 0 aliphatic carbocycles. The number of nitrogens with zero attached hydrogens (tertiary/aromatic N) is 3. The van der Waals surface area contributed by atoms with Crippen molar-refractivity contribution in [1.29, 1.82) is 0 Å². The molecule has 0 aliphatic rings. The van der Waals surface area contributed by atoms with Crippen LogP contribution in [0.15, 0.2) is 58.5 Å². The van der Waals surface area contributed by atoms with Crippen molar-refractivity contribution in [2.24, 2.45) is 5.10 Å². The van der Waals surface area contributed by atoms with Crippen LogP contribution in [-0.4, -0.2) is 21.2 Å². The molecule has 0 bridgehead atoms. The first kappa shape index (κ1) is 13.1. The van der Waals surface area contributed by atoms with Gasteiger partial charge in [0.2, 0.25) is 0 Å². The molecule has 1 aromatic carbocycles. The summed E-state index contributed by atoms with van der Waals surface area (Å²) in [6.45, 7) is 1.93. The van der Waals surface area contributed by atoms with Crippen LogP contribution in [0, 0.1) is 0 Å². The first-order chi connectivity index (χ1) is 10.2. The van der Waals surface area contributed by atoms with E-state index in [1.165, 1.54) is 0 Å². The summed E-state index contributed by atoms with van der Waals surface area (Å²) in [5.41, 5.74) is 4.91. The highest BCUT2D eigenvalue weighted by Gasteiger charge is 2.07. The number of rotatable bonds is 4. The zero-order chi connectivity index (χ0) is 14.7. The molecule has 106 valence electrons. The van der Waals surface area contributed by atoms with E-state index in [-0.39, 0.29) is 12.5 Å². The van der Waals surface area contributed by atoms with Gasteiger partial charge in [-0.15, -0.1) is 0 Å². The molecule has 21 heavy (non-hydrogen) atoms. The number of hydrogen-bond acceptors (Lipinski definition) is 4. The fourth-order valence-corrected chi connectivity index (χ4v) is 2.01. The highest BCUT2D eigenvalue weighted by molar-refractivity contribution is 5.96. The molecule has 1 amide bonds. The third-order valence-electron chi connectivity index (χ3n) is 3.07. The van der Waals surface area contributed by atoms with Crippen LogP contribution in [-0.2, 0) is 11.3 Å². The Kier molecular flexibility index (Phi) is 3.51. The Labute approximate surface area is 121 Å². The van der Waals surface area contributed by atoms with Gasteiger partial charge in [-0.05, 0) is 31.2 Å². The van der Waals surface area contributed by atoms with E-state index >= 15 is 0 Å². The van der Waals surface area contributed by atoms with Gasteiger partial charge in [-0.3, -0.25) is 4.79 Å². The molecule has 2 heterocycles. The fraction of sp³-hybridized carbons (Fsp3) is 0.133. The van der Waals surface area contributed by atoms with E-state index in [0.29, 0.717) is 11.5 Å². The van der Waals surface area contributed by atoms with Gasteiger partial charge in [0.05, 0.1) is 23.6 Å². The van der Waals surface area contributed by atoms with Gasteiger partial charge in [0.1, 0.15) is 18.0 Å². The second kappa shape index (κ2) is 5.62. The predicted molar refractivity (Wildman–Crippen MR) is 78.8 cm³/mol. The summed E-state index contributed by atoms with van der Waals surface area (Å²) >= 11 is 0. The fourth-order valence-electron chi connectivity index (χ4n) is 2.01. The van der Waals surface area contributed by atoms with E-state index in [4.69, 9.17) is 4.42 Å². The number of fused-ring (bicyclic) bond motifs is 1. The number of amides is 1. The summed E-state index contributed by atoms with van der Waals surface area (Å²) in [6.07, 6.45) is 3.21. The van der Waals surface area contributed by atoms with Crippen LogP contribution in [0.4, 0.5) is 0 Å². The zero-order valence-electron chi connectivity index (χ0n) is 11.5. The van der Waals surface area contributed by atoms with Crippen molar-refractivity contribution in [3.05, 3.63) is 54.7 Å². The van der Waals surface area contributed by atoms with Crippen molar-refractivity contribution in [3.8, 4) is 0 Å². The van der Waals surface area contributed by atoms with Crippen LogP contribution in [0.25, 0.3) is 11.0 Å². The standard InChI is InChI=1S/C15H14N4O2/c1-11(14-7-4-8-21-14)17-18-15(20)9-19-10-16-12-5-2-3-6-13(12)19/h2-8,10H,9H2,1H3,(H,18,20)/b17-11-. The highest BCUT2D eigenvalue weighted by atomic mass is 16.3. The van der Waals surface area contributed by atoms with Crippen LogP contribution in [0.1, 0.15) is 12.7 Å². The topological polar surface area (TPSA) is 72.4 Å². The maximum atomic E-state index is 11.9. The van der Waals surface area contributed by atoms with Crippen LogP contribution in [0.5, 0.6) is 0 Å². The van der Waals surface area contributed by atoms with E-state index in [2.05, 4.69) is 15.5 Å². The van der Waals surface area contributed by atoms with Gasteiger partial charge >= 0.3 is 0 Å². The zero-order valence-corrected chi connectivity index (χ0v) is 11.5. The first-order valence-electron chi connectivity index (χ1n) is 6.51. The van der Waals surface area contributed by atoms with Crippen molar-refractivity contribution in [1.82, 2.24) is 15.0 Å². The normalized spacial score (nSPS) is 11.8. The first-order valence-corrected chi connectivity index (χ1v) is 6.51. The Hall–Kier alpha value is -2.89. The molecule has 1 N–H and O–H groups in total. The van der Waals surface area contributed by atoms with Crippen LogP contribution in [0.2, 0.25) is 0 Å². The van der Waals surface area contributed by atoms with Gasteiger partial charge in [0, 0.05) is 0 Å². The van der Waals surface area contributed by atoms with Crippen molar-refractivity contribution in [3.63, 3.8) is 0 Å². The summed E-state index contributed by atoms with van der Waals surface area (Å²) in [4.78, 5) is 16.2. The summed E-state index contributed by atoms with van der Waals surface area (Å²) < 4.78 is 6.97. The highest BCUT2D eigenvalue weighted by Crippen LogP contribution is 2.11. The molecule has 6 nitrogen and oxygen atoms in total. The second-order valence-electron chi connectivity index (χ2n) is 4.57. The lowest BCUT2D eigenvalue weighted by Crippen LogP contribution is -2.23. The molecule has 0 spiro atoms. The van der Waals surface area contributed by atoms with Crippen molar-refractivity contribution >= 4 is 22.7 Å². The number of carbonyl (C=O) groups excluding carboxylic acids is 1. The number of hydrogen-bond donors (Lipinski definition) is 1. The van der Waals surface area contributed by atoms with Crippen molar-refractivity contribution in [2.75, 3.05) is 0 Å². The Bertz CT molecular complexity index is 787. The number of hydrazone groups is 1. The Morgan fingerprint density at radius 1 is 1.33 bits per heavy atom. The number of aromatic nitrogens is 2. The minimum atomic E-state index is -0.218. The van der Waals surface area contributed by atoms with E-state index in [9.17, 15) is 4.79 Å². The summed E-state index contributed by atoms with van der Waals surface area (Å²) in [5, 5.41) is 4.02. The number of imidazole rings is 1. The van der Waals surface area contributed by atoms with E-state index in [0.717, 1.165) is 11.0 Å². The molecular weight excluding hydrogens is 268 g/mol. The van der Waals surface area contributed by atoms with Crippen LogP contribution in [0.3, 0.4) is 0 Å².